The summed E-state index contributed by atoms with van der Waals surface area (Å²) in [4.78, 5) is 4.55. The van der Waals surface area contributed by atoms with Crippen molar-refractivity contribution in [1.29, 1.82) is 0 Å². The number of halogens is 3. The minimum Gasteiger partial charge on any atom is -1.00 e. The molecule has 0 fully saturated rings. The number of hydrogen-bond acceptors (Lipinski definition) is 3. The van der Waals surface area contributed by atoms with Crippen LogP contribution >= 0.6 is 34.5 Å². The number of anilines is 2. The lowest BCUT2D eigenvalue weighted by Gasteiger charge is -2.06. The fraction of sp³-hybridized carbons (Fsp3) is 0. The number of para-hydroxylation sites is 1. The first-order valence-electron chi connectivity index (χ1n) is 5.96. The van der Waals surface area contributed by atoms with Gasteiger partial charge in [-0.15, -0.1) is 11.3 Å². The second-order valence-corrected chi connectivity index (χ2v) is 5.80. The largest absolute Gasteiger partial charge is 1.00 e. The van der Waals surface area contributed by atoms with Gasteiger partial charge in [-0.25, -0.2) is 4.98 Å². The standard InChI is InChI=1S/C15H10Cl2N2S.BrH/c16-11-7-4-8-12(17)14(11)19-15-18-13(9-20-15)10-5-2-1-3-6-10;/h1-9H,(H,18,19);1H/p-1. The van der Waals surface area contributed by atoms with Crippen LogP contribution in [0.4, 0.5) is 10.8 Å². The molecule has 0 amide bonds. The van der Waals surface area contributed by atoms with Gasteiger partial charge in [0, 0.05) is 10.9 Å². The van der Waals surface area contributed by atoms with Gasteiger partial charge >= 0.3 is 0 Å². The molecular formula is C15H10BrCl2N2S-. The molecule has 0 aliphatic carbocycles. The van der Waals surface area contributed by atoms with Crippen molar-refractivity contribution in [3.8, 4) is 11.3 Å². The molecule has 0 spiro atoms. The maximum atomic E-state index is 6.13. The van der Waals surface area contributed by atoms with Gasteiger partial charge in [0.2, 0.25) is 0 Å². The van der Waals surface area contributed by atoms with Crippen LogP contribution in [0, 0.1) is 0 Å². The highest BCUT2D eigenvalue weighted by molar-refractivity contribution is 7.14. The average molecular weight is 401 g/mol. The molecule has 3 rings (SSSR count). The van der Waals surface area contributed by atoms with Gasteiger partial charge in [0.25, 0.3) is 0 Å². The van der Waals surface area contributed by atoms with Gasteiger partial charge in [-0.2, -0.15) is 0 Å². The monoisotopic (exact) mass is 399 g/mol. The van der Waals surface area contributed by atoms with E-state index in [0.29, 0.717) is 15.7 Å². The quantitative estimate of drug-likeness (QED) is 0.731. The molecular weight excluding hydrogens is 391 g/mol. The zero-order chi connectivity index (χ0) is 13.9. The smallest absolute Gasteiger partial charge is 0.187 e. The molecule has 0 aliphatic heterocycles. The van der Waals surface area contributed by atoms with Gasteiger partial charge in [-0.1, -0.05) is 59.6 Å². The highest BCUT2D eigenvalue weighted by atomic mass is 79.9. The topological polar surface area (TPSA) is 24.9 Å². The fourth-order valence-corrected chi connectivity index (χ4v) is 3.01. The van der Waals surface area contributed by atoms with E-state index in [2.05, 4.69) is 10.3 Å². The van der Waals surface area contributed by atoms with Crippen LogP contribution in [0.5, 0.6) is 0 Å². The SMILES string of the molecule is Clc1cccc(Cl)c1Nc1nc(-c2ccccc2)cs1.[Br-]. The summed E-state index contributed by atoms with van der Waals surface area (Å²) < 4.78 is 0. The van der Waals surface area contributed by atoms with Crippen molar-refractivity contribution >= 4 is 45.4 Å². The predicted octanol–water partition coefficient (Wildman–Crippen LogP) is 2.86. The first-order valence-corrected chi connectivity index (χ1v) is 7.59. The number of aromatic nitrogens is 1. The molecule has 0 radical (unpaired) electrons. The maximum Gasteiger partial charge on any atom is 0.187 e. The third-order valence-corrected chi connectivity index (χ3v) is 4.16. The van der Waals surface area contributed by atoms with Crippen LogP contribution in [0.3, 0.4) is 0 Å². The van der Waals surface area contributed by atoms with E-state index in [9.17, 15) is 0 Å². The Labute approximate surface area is 147 Å². The molecule has 0 bridgehead atoms. The van der Waals surface area contributed by atoms with Crippen LogP contribution in [0.25, 0.3) is 11.3 Å². The van der Waals surface area contributed by atoms with Crippen molar-refractivity contribution in [2.45, 2.75) is 0 Å². The molecule has 0 unspecified atom stereocenters. The van der Waals surface area contributed by atoms with Gasteiger partial charge in [-0.05, 0) is 12.1 Å². The van der Waals surface area contributed by atoms with E-state index in [0.717, 1.165) is 16.4 Å². The summed E-state index contributed by atoms with van der Waals surface area (Å²) in [6, 6.07) is 15.4. The third-order valence-electron chi connectivity index (χ3n) is 2.77. The predicted molar refractivity (Wildman–Crippen MR) is 87.3 cm³/mol. The summed E-state index contributed by atoms with van der Waals surface area (Å²) in [5, 5.41) is 7.09. The molecule has 2 nitrogen and oxygen atoms in total. The minimum atomic E-state index is 0. The van der Waals surface area contributed by atoms with Crippen molar-refractivity contribution in [3.05, 3.63) is 64.0 Å². The van der Waals surface area contributed by atoms with Gasteiger partial charge in [0.1, 0.15) is 0 Å². The Bertz CT molecular complexity index is 711. The highest BCUT2D eigenvalue weighted by Crippen LogP contribution is 2.34. The first-order chi connectivity index (χ1) is 9.74. The molecule has 3 aromatic rings. The lowest BCUT2D eigenvalue weighted by molar-refractivity contribution is -0.00000369. The maximum absolute atomic E-state index is 6.13. The Kier molecular flexibility index (Phi) is 5.65. The van der Waals surface area contributed by atoms with Crippen molar-refractivity contribution < 1.29 is 17.0 Å². The molecule has 0 atom stereocenters. The number of nitrogens with zero attached hydrogens (tertiary/aromatic N) is 1. The lowest BCUT2D eigenvalue weighted by atomic mass is 10.2. The van der Waals surface area contributed by atoms with Crippen molar-refractivity contribution in [1.82, 2.24) is 4.98 Å². The number of nitrogens with one attached hydrogen (secondary N) is 1. The van der Waals surface area contributed by atoms with Crippen LogP contribution in [0.15, 0.2) is 53.9 Å². The van der Waals surface area contributed by atoms with Gasteiger partial charge in [0.15, 0.2) is 5.13 Å². The van der Waals surface area contributed by atoms with Crippen molar-refractivity contribution in [2.24, 2.45) is 0 Å². The van der Waals surface area contributed by atoms with E-state index in [1.165, 1.54) is 11.3 Å². The molecule has 0 saturated carbocycles. The Balaban J connectivity index is 0.00000161. The summed E-state index contributed by atoms with van der Waals surface area (Å²) in [5.41, 5.74) is 2.70. The van der Waals surface area contributed by atoms with E-state index in [-0.39, 0.29) is 17.0 Å². The fourth-order valence-electron chi connectivity index (χ4n) is 1.80. The van der Waals surface area contributed by atoms with Crippen molar-refractivity contribution in [2.75, 3.05) is 5.32 Å². The zero-order valence-electron chi connectivity index (χ0n) is 10.7. The van der Waals surface area contributed by atoms with Gasteiger partial charge in [-0.3, -0.25) is 0 Å². The average Bonchev–Trinajstić information content (AvgIpc) is 2.93. The Morgan fingerprint density at radius 2 is 1.57 bits per heavy atom. The molecule has 0 saturated heterocycles. The Hall–Kier alpha value is -1.07. The molecule has 108 valence electrons. The third kappa shape index (κ3) is 3.77. The first kappa shape index (κ1) is 16.3. The van der Waals surface area contributed by atoms with E-state index in [4.69, 9.17) is 23.2 Å². The normalized spacial score (nSPS) is 10.0. The second kappa shape index (κ2) is 7.27. The van der Waals surface area contributed by atoms with Crippen molar-refractivity contribution in [3.63, 3.8) is 0 Å². The van der Waals surface area contributed by atoms with E-state index >= 15 is 0 Å². The summed E-state index contributed by atoms with van der Waals surface area (Å²) >= 11 is 13.8. The Morgan fingerprint density at radius 1 is 0.905 bits per heavy atom. The minimum absolute atomic E-state index is 0. The van der Waals surface area contributed by atoms with Gasteiger partial charge in [0.05, 0.1) is 21.4 Å². The molecule has 2 aromatic carbocycles. The van der Waals surface area contributed by atoms with E-state index in [1.54, 1.807) is 12.1 Å². The molecule has 1 aromatic heterocycles. The summed E-state index contributed by atoms with van der Waals surface area (Å²) in [5.74, 6) is 0. The van der Waals surface area contributed by atoms with Gasteiger partial charge < -0.3 is 22.3 Å². The second-order valence-electron chi connectivity index (χ2n) is 4.13. The number of rotatable bonds is 3. The molecule has 21 heavy (non-hydrogen) atoms. The highest BCUT2D eigenvalue weighted by Gasteiger charge is 2.09. The lowest BCUT2D eigenvalue weighted by Crippen LogP contribution is -3.00. The number of thiazole rings is 1. The molecule has 6 heteroatoms. The van der Waals surface area contributed by atoms with E-state index in [1.807, 2.05) is 41.8 Å². The summed E-state index contributed by atoms with van der Waals surface area (Å²) in [6.45, 7) is 0. The van der Waals surface area contributed by atoms with Crippen LogP contribution in [-0.2, 0) is 0 Å². The van der Waals surface area contributed by atoms with Crippen LogP contribution in [0.2, 0.25) is 10.0 Å². The summed E-state index contributed by atoms with van der Waals surface area (Å²) in [7, 11) is 0. The molecule has 0 aliphatic rings. The van der Waals surface area contributed by atoms with E-state index < -0.39 is 0 Å². The van der Waals surface area contributed by atoms with Crippen LogP contribution in [-0.4, -0.2) is 4.98 Å². The number of benzene rings is 2. The van der Waals surface area contributed by atoms with Crippen LogP contribution in [0.1, 0.15) is 0 Å². The zero-order valence-corrected chi connectivity index (χ0v) is 14.6. The summed E-state index contributed by atoms with van der Waals surface area (Å²) in [6.07, 6.45) is 0. The number of hydrogen-bond donors (Lipinski definition) is 1. The van der Waals surface area contributed by atoms with Crippen LogP contribution < -0.4 is 22.3 Å². The molecule has 1 heterocycles. The Morgan fingerprint density at radius 3 is 2.24 bits per heavy atom. The molecule has 1 N–H and O–H groups in total.